The van der Waals surface area contributed by atoms with Crippen molar-refractivity contribution in [2.45, 2.75) is 50.2 Å². The number of alkyl halides is 3. The van der Waals surface area contributed by atoms with Gasteiger partial charge in [-0.05, 0) is 43.2 Å². The van der Waals surface area contributed by atoms with Crippen LogP contribution in [-0.4, -0.2) is 62.0 Å². The van der Waals surface area contributed by atoms with Crippen molar-refractivity contribution in [2.75, 3.05) is 6.54 Å². The number of nitrogens with zero attached hydrogens (tertiary/aromatic N) is 3. The molecule has 2 aromatic carbocycles. The monoisotopic (exact) mass is 662 g/mol. The lowest BCUT2D eigenvalue weighted by molar-refractivity contribution is -0.139. The quantitative estimate of drug-likeness (QED) is 0.173. The Balaban J connectivity index is 1.23. The molecule has 1 aliphatic heterocycles. The lowest BCUT2D eigenvalue weighted by Gasteiger charge is -2.33. The molecule has 6 rings (SSSR count). The van der Waals surface area contributed by atoms with Gasteiger partial charge in [-0.3, -0.25) is 19.4 Å². The number of hydrogen-bond donors (Lipinski definition) is 1. The van der Waals surface area contributed by atoms with Crippen molar-refractivity contribution >= 4 is 57.3 Å². The molecule has 3 heterocycles. The number of likely N-dealkylation sites (tertiary alicyclic amines) is 1. The molecular formula is C35H30Cl2F2N4O3. The van der Waals surface area contributed by atoms with Gasteiger partial charge in [0.25, 0.3) is 0 Å². The summed E-state index contributed by atoms with van der Waals surface area (Å²) in [4.78, 5) is 45.2. The number of halogens is 4. The van der Waals surface area contributed by atoms with E-state index in [0.29, 0.717) is 32.7 Å². The molecule has 4 atom stereocenters. The number of amides is 2. The zero-order valence-electron chi connectivity index (χ0n) is 25.0. The Hall–Kier alpha value is -4.34. The van der Waals surface area contributed by atoms with Crippen LogP contribution in [0.5, 0.6) is 0 Å². The van der Waals surface area contributed by atoms with Gasteiger partial charge in [0.2, 0.25) is 16.9 Å². The van der Waals surface area contributed by atoms with Crippen LogP contribution in [-0.2, 0) is 16.1 Å². The number of allylic oxidation sites excluding steroid dienone is 2. The zero-order chi connectivity index (χ0) is 32.7. The fourth-order valence-electron chi connectivity index (χ4n) is 6.05. The first-order chi connectivity index (χ1) is 21.9. The second-order valence-electron chi connectivity index (χ2n) is 11.6. The number of hydrogen-bond acceptors (Lipinski definition) is 4. The fraction of sp³-hybridized carbons (Fsp3) is 0.257. The van der Waals surface area contributed by atoms with Gasteiger partial charge < -0.3 is 14.8 Å². The zero-order valence-corrected chi connectivity index (χ0v) is 26.5. The summed E-state index contributed by atoms with van der Waals surface area (Å²) in [6, 6.07) is 13.6. The van der Waals surface area contributed by atoms with Crippen LogP contribution in [0, 0.1) is 6.92 Å². The van der Waals surface area contributed by atoms with Crippen molar-refractivity contribution in [1.82, 2.24) is 19.8 Å². The Bertz CT molecular complexity index is 1920. The van der Waals surface area contributed by atoms with Crippen LogP contribution < -0.4 is 5.32 Å². The molecule has 2 unspecified atom stereocenters. The van der Waals surface area contributed by atoms with Gasteiger partial charge in [0.1, 0.15) is 24.8 Å². The minimum atomic E-state index is -2.47. The highest BCUT2D eigenvalue weighted by atomic mass is 35.5. The van der Waals surface area contributed by atoms with E-state index < -0.39 is 35.2 Å². The molecule has 0 radical (unpaired) electrons. The number of ketones is 1. The van der Waals surface area contributed by atoms with Crippen molar-refractivity contribution in [3.05, 3.63) is 107 Å². The highest BCUT2D eigenvalue weighted by Crippen LogP contribution is 2.41. The van der Waals surface area contributed by atoms with E-state index in [-0.39, 0.29) is 30.9 Å². The van der Waals surface area contributed by atoms with E-state index in [4.69, 9.17) is 23.2 Å². The maximum absolute atomic E-state index is 16.0. The minimum Gasteiger partial charge on any atom is -0.343 e. The maximum Gasteiger partial charge on any atom is 0.243 e. The summed E-state index contributed by atoms with van der Waals surface area (Å²) in [5.74, 6) is -1.43. The summed E-state index contributed by atoms with van der Waals surface area (Å²) in [6.45, 7) is 2.70. The SMILES string of the molecule is CC(=O)c1cn(CC(=O)N2C[C@H](F)C[C@H]2C(=O)NC2C=CC=C(c3ccccc3)C2(F)Cl)c2ccc(-c3cnc(C)c(Cl)c3)cc12. The summed E-state index contributed by atoms with van der Waals surface area (Å²) < 4.78 is 32.4. The van der Waals surface area contributed by atoms with Crippen LogP contribution in [0.1, 0.15) is 35.0 Å². The number of aryl methyl sites for hydroxylation is 1. The third-order valence-corrected chi connectivity index (χ3v) is 9.32. The number of carbonyl (C=O) groups is 3. The number of aromatic nitrogens is 2. The average molecular weight is 664 g/mol. The molecule has 11 heteroatoms. The van der Waals surface area contributed by atoms with Gasteiger partial charge in [0, 0.05) is 46.4 Å². The van der Waals surface area contributed by atoms with E-state index in [1.54, 1.807) is 78.5 Å². The normalized spacial score (nSPS) is 22.6. The Morgan fingerprint density at radius 2 is 1.85 bits per heavy atom. The number of fused-ring (bicyclic) bond motifs is 1. The fourth-order valence-corrected chi connectivity index (χ4v) is 6.52. The second kappa shape index (κ2) is 12.5. The minimum absolute atomic E-state index is 0.177. The van der Waals surface area contributed by atoms with Gasteiger partial charge in [-0.1, -0.05) is 77.8 Å². The third kappa shape index (κ3) is 5.97. The summed E-state index contributed by atoms with van der Waals surface area (Å²) in [7, 11) is 0. The molecule has 2 aliphatic rings. The topological polar surface area (TPSA) is 84.3 Å². The molecule has 1 aliphatic carbocycles. The number of benzene rings is 2. The Morgan fingerprint density at radius 3 is 2.57 bits per heavy atom. The third-order valence-electron chi connectivity index (χ3n) is 8.50. The van der Waals surface area contributed by atoms with Crippen LogP contribution in [0.2, 0.25) is 5.02 Å². The van der Waals surface area contributed by atoms with E-state index in [0.717, 1.165) is 11.1 Å². The van der Waals surface area contributed by atoms with Gasteiger partial charge in [-0.15, -0.1) is 0 Å². The average Bonchev–Trinajstić information content (AvgIpc) is 3.60. The van der Waals surface area contributed by atoms with Gasteiger partial charge in [0.05, 0.1) is 17.3 Å². The molecule has 0 bridgehead atoms. The summed E-state index contributed by atoms with van der Waals surface area (Å²) in [5.41, 5.74) is 4.00. The molecule has 0 spiro atoms. The molecule has 2 aromatic heterocycles. The lowest BCUT2D eigenvalue weighted by atomic mass is 9.91. The van der Waals surface area contributed by atoms with E-state index in [1.165, 1.54) is 17.9 Å². The highest BCUT2D eigenvalue weighted by molar-refractivity contribution is 6.31. The molecule has 1 saturated heterocycles. The molecule has 0 saturated carbocycles. The number of Topliss-reactive ketones (excluding diaryl/α,β-unsaturated/α-hetero) is 1. The van der Waals surface area contributed by atoms with E-state index in [1.807, 2.05) is 12.1 Å². The number of pyridine rings is 1. The Morgan fingerprint density at radius 1 is 1.09 bits per heavy atom. The first-order valence-corrected chi connectivity index (χ1v) is 15.5. The van der Waals surface area contributed by atoms with Crippen LogP contribution in [0.3, 0.4) is 0 Å². The lowest BCUT2D eigenvalue weighted by Crippen LogP contribution is -2.54. The predicted octanol–water partition coefficient (Wildman–Crippen LogP) is 6.85. The molecule has 4 aromatic rings. The van der Waals surface area contributed by atoms with Gasteiger partial charge in [-0.25, -0.2) is 8.78 Å². The van der Waals surface area contributed by atoms with Gasteiger partial charge >= 0.3 is 0 Å². The van der Waals surface area contributed by atoms with Gasteiger partial charge in [0.15, 0.2) is 5.78 Å². The number of carbonyl (C=O) groups excluding carboxylic acids is 3. The van der Waals surface area contributed by atoms with Crippen molar-refractivity contribution < 1.29 is 23.2 Å². The van der Waals surface area contributed by atoms with Crippen molar-refractivity contribution in [2.24, 2.45) is 0 Å². The van der Waals surface area contributed by atoms with Crippen LogP contribution >= 0.6 is 23.2 Å². The van der Waals surface area contributed by atoms with Crippen LogP contribution in [0.4, 0.5) is 8.78 Å². The molecule has 7 nitrogen and oxygen atoms in total. The van der Waals surface area contributed by atoms with Crippen LogP contribution in [0.25, 0.3) is 27.6 Å². The summed E-state index contributed by atoms with van der Waals surface area (Å²) in [5, 5.41) is 1.26. The number of nitrogens with one attached hydrogen (secondary N) is 1. The standard InChI is InChI=1S/C35H30Cl2F2N4O3/c1-20-29(36)14-24(16-40-20)23-11-12-30-26(13-23)27(21(2)44)18-42(30)19-33(45)43-17-25(38)15-31(43)34(46)41-32-10-6-9-28(35(32,37)39)22-7-4-3-5-8-22/h3-14,16,18,25,31-32H,15,17,19H2,1-2H3,(H,41,46)/t25-,31+,32?,35?/m1/s1. The molecule has 1 N–H and O–H groups in total. The molecule has 46 heavy (non-hydrogen) atoms. The molecular weight excluding hydrogens is 633 g/mol. The maximum atomic E-state index is 16.0. The van der Waals surface area contributed by atoms with E-state index in [9.17, 15) is 18.8 Å². The largest absolute Gasteiger partial charge is 0.343 e. The van der Waals surface area contributed by atoms with Crippen molar-refractivity contribution in [3.8, 4) is 11.1 Å². The first kappa shape index (κ1) is 31.6. The molecule has 1 fully saturated rings. The molecule has 236 valence electrons. The van der Waals surface area contributed by atoms with Crippen molar-refractivity contribution in [3.63, 3.8) is 0 Å². The highest BCUT2D eigenvalue weighted by Gasteiger charge is 2.46. The van der Waals surface area contributed by atoms with Crippen LogP contribution in [0.15, 0.2) is 85.2 Å². The Labute approximate surface area is 274 Å². The smallest absolute Gasteiger partial charge is 0.243 e. The van der Waals surface area contributed by atoms with Gasteiger partial charge in [-0.2, -0.15) is 0 Å². The first-order valence-electron chi connectivity index (χ1n) is 14.8. The number of rotatable bonds is 7. The summed E-state index contributed by atoms with van der Waals surface area (Å²) in [6.07, 6.45) is 6.17. The summed E-state index contributed by atoms with van der Waals surface area (Å²) >= 11 is 12.7. The molecule has 2 amide bonds. The van der Waals surface area contributed by atoms with Crippen molar-refractivity contribution in [1.29, 1.82) is 0 Å². The van der Waals surface area contributed by atoms with E-state index >= 15 is 4.39 Å². The van der Waals surface area contributed by atoms with E-state index in [2.05, 4.69) is 10.3 Å². The second-order valence-corrected chi connectivity index (χ2v) is 12.5. The Kier molecular flexibility index (Phi) is 8.56. The predicted molar refractivity (Wildman–Crippen MR) is 175 cm³/mol.